The predicted octanol–water partition coefficient (Wildman–Crippen LogP) is 3.83. The van der Waals surface area contributed by atoms with Crippen LogP contribution in [-0.2, 0) is 4.79 Å². The Morgan fingerprint density at radius 3 is 2.50 bits per heavy atom. The molecular formula is C17H21FO4. The van der Waals surface area contributed by atoms with E-state index in [-0.39, 0.29) is 24.2 Å². The molecule has 5 heteroatoms. The lowest BCUT2D eigenvalue weighted by molar-refractivity contribution is -0.140. The monoisotopic (exact) mass is 308 g/mol. The Balaban J connectivity index is 2.24. The summed E-state index contributed by atoms with van der Waals surface area (Å²) in [5.41, 5.74) is -0.323. The molecule has 2 rings (SSSR count). The van der Waals surface area contributed by atoms with Crippen molar-refractivity contribution in [2.75, 3.05) is 7.11 Å². The first-order chi connectivity index (χ1) is 10.5. The Kier molecular flexibility index (Phi) is 5.16. The predicted molar refractivity (Wildman–Crippen MR) is 79.7 cm³/mol. The van der Waals surface area contributed by atoms with Gasteiger partial charge in [0.15, 0.2) is 5.78 Å². The summed E-state index contributed by atoms with van der Waals surface area (Å²) in [6, 6.07) is 3.83. The number of aliphatic carboxylic acids is 1. The number of carboxylic acids is 1. The molecule has 0 atom stereocenters. The summed E-state index contributed by atoms with van der Waals surface area (Å²) in [5.74, 6) is -1.31. The zero-order chi connectivity index (χ0) is 16.2. The first-order valence-corrected chi connectivity index (χ1v) is 7.54. The molecule has 1 N–H and O–H groups in total. The minimum Gasteiger partial charge on any atom is -0.496 e. The van der Waals surface area contributed by atoms with Crippen LogP contribution in [0.1, 0.15) is 55.3 Å². The minimum atomic E-state index is -0.888. The van der Waals surface area contributed by atoms with E-state index in [1.165, 1.54) is 25.3 Å². The summed E-state index contributed by atoms with van der Waals surface area (Å²) in [5, 5.41) is 9.16. The van der Waals surface area contributed by atoms with Gasteiger partial charge in [-0.15, -0.1) is 0 Å². The number of carboxylic acid groups (broad SMARTS) is 1. The highest BCUT2D eigenvalue weighted by atomic mass is 19.1. The molecule has 0 bridgehead atoms. The van der Waals surface area contributed by atoms with Crippen LogP contribution < -0.4 is 4.74 Å². The molecule has 0 saturated heterocycles. The lowest BCUT2D eigenvalue weighted by Gasteiger charge is -2.35. The number of ketones is 1. The molecule has 1 aliphatic carbocycles. The molecule has 1 fully saturated rings. The van der Waals surface area contributed by atoms with Gasteiger partial charge in [-0.2, -0.15) is 0 Å². The zero-order valence-corrected chi connectivity index (χ0v) is 12.7. The number of halogens is 1. The van der Waals surface area contributed by atoms with E-state index in [2.05, 4.69) is 0 Å². The van der Waals surface area contributed by atoms with Gasteiger partial charge in [0.2, 0.25) is 0 Å². The number of benzene rings is 1. The van der Waals surface area contributed by atoms with Crippen LogP contribution in [0.5, 0.6) is 5.75 Å². The van der Waals surface area contributed by atoms with E-state index in [1.807, 2.05) is 0 Å². The van der Waals surface area contributed by atoms with Crippen LogP contribution >= 0.6 is 0 Å². The molecule has 0 aliphatic heterocycles. The summed E-state index contributed by atoms with van der Waals surface area (Å²) in [7, 11) is 1.43. The van der Waals surface area contributed by atoms with Crippen LogP contribution in [0.4, 0.5) is 4.39 Å². The first-order valence-electron chi connectivity index (χ1n) is 7.54. The zero-order valence-electron chi connectivity index (χ0n) is 12.7. The van der Waals surface area contributed by atoms with E-state index < -0.39 is 17.2 Å². The van der Waals surface area contributed by atoms with Gasteiger partial charge in [0.1, 0.15) is 11.6 Å². The molecule has 0 amide bonds. The number of hydrogen-bond acceptors (Lipinski definition) is 3. The maximum atomic E-state index is 13.4. The van der Waals surface area contributed by atoms with Gasteiger partial charge >= 0.3 is 5.97 Å². The van der Waals surface area contributed by atoms with Gasteiger partial charge in [0.05, 0.1) is 19.1 Å². The Hall–Kier alpha value is -1.91. The third kappa shape index (κ3) is 3.84. The van der Waals surface area contributed by atoms with Gasteiger partial charge < -0.3 is 9.84 Å². The van der Waals surface area contributed by atoms with Crippen molar-refractivity contribution in [3.05, 3.63) is 29.6 Å². The number of carbonyl (C=O) groups excluding carboxylic acids is 1. The van der Waals surface area contributed by atoms with Gasteiger partial charge in [-0.05, 0) is 36.5 Å². The molecule has 0 unspecified atom stereocenters. The summed E-state index contributed by atoms with van der Waals surface area (Å²) in [6.45, 7) is 0. The number of hydrogen-bond donors (Lipinski definition) is 1. The summed E-state index contributed by atoms with van der Waals surface area (Å²) < 4.78 is 18.5. The van der Waals surface area contributed by atoms with Crippen molar-refractivity contribution in [2.45, 2.75) is 44.9 Å². The van der Waals surface area contributed by atoms with Crippen molar-refractivity contribution in [3.8, 4) is 5.75 Å². The highest BCUT2D eigenvalue weighted by molar-refractivity contribution is 5.99. The van der Waals surface area contributed by atoms with Crippen LogP contribution in [0, 0.1) is 11.2 Å². The van der Waals surface area contributed by atoms with E-state index in [4.69, 9.17) is 9.84 Å². The molecule has 0 heterocycles. The van der Waals surface area contributed by atoms with E-state index >= 15 is 0 Å². The van der Waals surface area contributed by atoms with E-state index in [0.29, 0.717) is 5.75 Å². The van der Waals surface area contributed by atoms with Crippen LogP contribution in [0.2, 0.25) is 0 Å². The Bertz CT molecular complexity index is 562. The maximum absolute atomic E-state index is 13.4. The molecule has 0 radical (unpaired) electrons. The Labute approximate surface area is 129 Å². The van der Waals surface area contributed by atoms with Gasteiger partial charge in [-0.3, -0.25) is 9.59 Å². The smallest absolute Gasteiger partial charge is 0.303 e. The normalized spacial score (nSPS) is 17.0. The molecule has 0 spiro atoms. The molecule has 1 saturated carbocycles. The number of methoxy groups -OCH3 is 1. The van der Waals surface area contributed by atoms with Crippen LogP contribution in [-0.4, -0.2) is 24.0 Å². The van der Waals surface area contributed by atoms with Gasteiger partial charge in [0, 0.05) is 6.42 Å². The van der Waals surface area contributed by atoms with Gasteiger partial charge in [-0.25, -0.2) is 4.39 Å². The molecule has 1 aliphatic rings. The van der Waals surface area contributed by atoms with Crippen molar-refractivity contribution in [1.82, 2.24) is 0 Å². The Morgan fingerprint density at radius 2 is 1.91 bits per heavy atom. The van der Waals surface area contributed by atoms with Crippen LogP contribution in [0.25, 0.3) is 0 Å². The number of rotatable bonds is 6. The average Bonchev–Trinajstić information content (AvgIpc) is 2.47. The van der Waals surface area contributed by atoms with Crippen molar-refractivity contribution in [3.63, 3.8) is 0 Å². The number of ether oxygens (including phenoxy) is 1. The lowest BCUT2D eigenvalue weighted by atomic mass is 9.68. The second-order valence-electron chi connectivity index (χ2n) is 6.08. The second-order valence-corrected chi connectivity index (χ2v) is 6.08. The van der Waals surface area contributed by atoms with E-state index in [9.17, 15) is 14.0 Å². The summed E-state index contributed by atoms with van der Waals surface area (Å²) in [6.07, 6.45) is 4.49. The van der Waals surface area contributed by atoms with Crippen LogP contribution in [0.15, 0.2) is 18.2 Å². The molecule has 1 aromatic carbocycles. The highest BCUT2D eigenvalue weighted by Gasteiger charge is 2.37. The van der Waals surface area contributed by atoms with Gasteiger partial charge in [0.25, 0.3) is 0 Å². The maximum Gasteiger partial charge on any atom is 0.303 e. The standard InChI is InChI=1S/C17H21FO4/c1-22-15-6-5-12(18)9-13(15)14(19)10-17(11-16(20)21)7-3-2-4-8-17/h5-6,9H,2-4,7-8,10-11H2,1H3,(H,20,21). The number of carbonyl (C=O) groups is 2. The van der Waals surface area contributed by atoms with Crippen LogP contribution in [0.3, 0.4) is 0 Å². The molecule has 1 aromatic rings. The quantitative estimate of drug-likeness (QED) is 0.811. The fraction of sp³-hybridized carbons (Fsp3) is 0.529. The molecule has 4 nitrogen and oxygen atoms in total. The number of Topliss-reactive ketones (excluding diaryl/α,β-unsaturated/α-hetero) is 1. The van der Waals surface area contributed by atoms with E-state index in [0.717, 1.165) is 32.1 Å². The topological polar surface area (TPSA) is 63.6 Å². The third-order valence-electron chi connectivity index (χ3n) is 4.44. The average molecular weight is 308 g/mol. The molecule has 120 valence electrons. The Morgan fingerprint density at radius 1 is 1.23 bits per heavy atom. The molecule has 0 aromatic heterocycles. The lowest BCUT2D eigenvalue weighted by Crippen LogP contribution is -2.30. The largest absolute Gasteiger partial charge is 0.496 e. The highest BCUT2D eigenvalue weighted by Crippen LogP contribution is 2.43. The van der Waals surface area contributed by atoms with Crippen molar-refractivity contribution >= 4 is 11.8 Å². The third-order valence-corrected chi connectivity index (χ3v) is 4.44. The SMILES string of the molecule is COc1ccc(F)cc1C(=O)CC1(CC(=O)O)CCCCC1. The van der Waals surface area contributed by atoms with Crippen molar-refractivity contribution < 1.29 is 23.8 Å². The van der Waals surface area contributed by atoms with Crippen molar-refractivity contribution in [2.24, 2.45) is 5.41 Å². The van der Waals surface area contributed by atoms with Gasteiger partial charge in [-0.1, -0.05) is 19.3 Å². The summed E-state index contributed by atoms with van der Waals surface area (Å²) in [4.78, 5) is 23.8. The van der Waals surface area contributed by atoms with Crippen molar-refractivity contribution in [1.29, 1.82) is 0 Å². The fourth-order valence-electron chi connectivity index (χ4n) is 3.37. The summed E-state index contributed by atoms with van der Waals surface area (Å²) >= 11 is 0. The minimum absolute atomic E-state index is 0.0175. The molecule has 22 heavy (non-hydrogen) atoms. The first kappa shape index (κ1) is 16.5. The fourth-order valence-corrected chi connectivity index (χ4v) is 3.37. The second kappa shape index (κ2) is 6.90. The molecular weight excluding hydrogens is 287 g/mol. The van der Waals surface area contributed by atoms with E-state index in [1.54, 1.807) is 0 Å².